The van der Waals surface area contributed by atoms with Crippen LogP contribution in [0.15, 0.2) is 10.7 Å². The van der Waals surface area contributed by atoms with Crippen LogP contribution in [0.2, 0.25) is 0 Å². The maximum atomic E-state index is 11.5. The van der Waals surface area contributed by atoms with E-state index < -0.39 is 0 Å². The third kappa shape index (κ3) is 1.05. The monoisotopic (exact) mass is 165 g/mol. The highest BCUT2D eigenvalue weighted by Crippen LogP contribution is 2.34. The summed E-state index contributed by atoms with van der Waals surface area (Å²) < 4.78 is 4.99. The van der Waals surface area contributed by atoms with Gasteiger partial charge in [-0.2, -0.15) is 0 Å². The van der Waals surface area contributed by atoms with Gasteiger partial charge in [0.05, 0.1) is 11.8 Å². The zero-order valence-electron chi connectivity index (χ0n) is 7.26. The van der Waals surface area contributed by atoms with Crippen molar-refractivity contribution in [3.63, 3.8) is 0 Å². The average molecular weight is 165 g/mol. The molecule has 1 aliphatic rings. The zero-order chi connectivity index (χ0) is 8.77. The van der Waals surface area contributed by atoms with Gasteiger partial charge in [-0.15, -0.1) is 0 Å². The van der Waals surface area contributed by atoms with E-state index in [0.717, 1.165) is 12.2 Å². The fourth-order valence-corrected chi connectivity index (χ4v) is 1.65. The largest absolute Gasteiger partial charge is 0.361 e. The number of carbonyl (C=O) groups is 1. The first-order valence-corrected chi connectivity index (χ1v) is 4.05. The molecule has 0 saturated carbocycles. The Morgan fingerprint density at radius 1 is 1.50 bits per heavy atom. The quantitative estimate of drug-likeness (QED) is 0.589. The van der Waals surface area contributed by atoms with Gasteiger partial charge in [-0.25, -0.2) is 0 Å². The van der Waals surface area contributed by atoms with Crippen molar-refractivity contribution in [2.45, 2.75) is 26.7 Å². The van der Waals surface area contributed by atoms with Crippen LogP contribution in [-0.2, 0) is 6.42 Å². The summed E-state index contributed by atoms with van der Waals surface area (Å²) >= 11 is 0. The highest BCUT2D eigenvalue weighted by atomic mass is 16.5. The lowest BCUT2D eigenvalue weighted by Crippen LogP contribution is -2.25. The molecule has 1 aliphatic carbocycles. The first kappa shape index (κ1) is 7.53. The van der Waals surface area contributed by atoms with Crippen molar-refractivity contribution < 1.29 is 9.32 Å². The lowest BCUT2D eigenvalue weighted by molar-refractivity contribution is 0.0902. The molecule has 1 aromatic heterocycles. The van der Waals surface area contributed by atoms with Gasteiger partial charge in [0.25, 0.3) is 0 Å². The van der Waals surface area contributed by atoms with Crippen molar-refractivity contribution >= 4 is 5.78 Å². The van der Waals surface area contributed by atoms with E-state index in [0.29, 0.717) is 12.0 Å². The van der Waals surface area contributed by atoms with E-state index in [1.165, 1.54) is 6.20 Å². The predicted octanol–water partition coefficient (Wildman–Crippen LogP) is 1.83. The van der Waals surface area contributed by atoms with Crippen LogP contribution in [0, 0.1) is 5.41 Å². The number of rotatable bonds is 0. The minimum absolute atomic E-state index is 0.0314. The Hall–Kier alpha value is -1.12. The number of hydrogen-bond donors (Lipinski definition) is 0. The van der Waals surface area contributed by atoms with Gasteiger partial charge >= 0.3 is 0 Å². The molecule has 0 bridgehead atoms. The molecule has 64 valence electrons. The van der Waals surface area contributed by atoms with Gasteiger partial charge in [0, 0.05) is 12.8 Å². The standard InChI is InChI=1S/C9H11NO2/c1-9(2)3-7(11)6-5-10-12-8(6)4-9/h5H,3-4H2,1-2H3. The topological polar surface area (TPSA) is 43.1 Å². The number of nitrogens with zero attached hydrogens (tertiary/aromatic N) is 1. The van der Waals surface area contributed by atoms with Crippen molar-refractivity contribution in [2.24, 2.45) is 5.41 Å². The number of carbonyl (C=O) groups excluding carboxylic acids is 1. The summed E-state index contributed by atoms with van der Waals surface area (Å²) in [6.45, 7) is 4.13. The van der Waals surface area contributed by atoms with Crippen molar-refractivity contribution in [1.82, 2.24) is 5.16 Å². The Bertz CT molecular complexity index is 325. The number of ketones is 1. The molecule has 1 heterocycles. The molecule has 0 aliphatic heterocycles. The third-order valence-corrected chi connectivity index (χ3v) is 2.22. The lowest BCUT2D eigenvalue weighted by Gasteiger charge is -2.26. The number of fused-ring (bicyclic) bond motifs is 1. The van der Waals surface area contributed by atoms with E-state index in [9.17, 15) is 4.79 Å². The summed E-state index contributed by atoms with van der Waals surface area (Å²) in [5.41, 5.74) is 0.707. The summed E-state index contributed by atoms with van der Waals surface area (Å²) in [5, 5.41) is 3.62. The van der Waals surface area contributed by atoms with Gasteiger partial charge in [-0.05, 0) is 5.41 Å². The average Bonchev–Trinajstić information content (AvgIpc) is 2.31. The molecule has 0 unspecified atom stereocenters. The fourth-order valence-electron chi connectivity index (χ4n) is 1.65. The summed E-state index contributed by atoms with van der Waals surface area (Å²) in [7, 11) is 0. The Morgan fingerprint density at radius 3 is 3.00 bits per heavy atom. The van der Waals surface area contributed by atoms with Crippen LogP contribution in [0.5, 0.6) is 0 Å². The van der Waals surface area contributed by atoms with E-state index in [-0.39, 0.29) is 11.2 Å². The molecule has 12 heavy (non-hydrogen) atoms. The van der Waals surface area contributed by atoms with Gasteiger partial charge < -0.3 is 4.52 Å². The van der Waals surface area contributed by atoms with E-state index in [2.05, 4.69) is 19.0 Å². The molecule has 0 amide bonds. The number of Topliss-reactive ketones (excluding diaryl/α,β-unsaturated/α-hetero) is 1. The maximum absolute atomic E-state index is 11.5. The molecule has 1 aromatic rings. The van der Waals surface area contributed by atoms with Crippen molar-refractivity contribution in [2.75, 3.05) is 0 Å². The molecule has 3 heteroatoms. The van der Waals surface area contributed by atoms with Crippen molar-refractivity contribution in [3.05, 3.63) is 17.5 Å². The van der Waals surface area contributed by atoms with Crippen LogP contribution < -0.4 is 0 Å². The van der Waals surface area contributed by atoms with Crippen LogP contribution in [0.25, 0.3) is 0 Å². The van der Waals surface area contributed by atoms with E-state index >= 15 is 0 Å². The highest BCUT2D eigenvalue weighted by Gasteiger charge is 2.33. The molecular formula is C9H11NO2. The molecule has 0 saturated heterocycles. The van der Waals surface area contributed by atoms with E-state index in [4.69, 9.17) is 4.52 Å². The first-order valence-electron chi connectivity index (χ1n) is 4.05. The second-order valence-corrected chi connectivity index (χ2v) is 4.10. The van der Waals surface area contributed by atoms with Crippen LogP contribution in [-0.4, -0.2) is 10.9 Å². The molecule has 3 nitrogen and oxygen atoms in total. The first-order chi connectivity index (χ1) is 5.58. The Labute approximate surface area is 70.7 Å². The van der Waals surface area contributed by atoms with Crippen LogP contribution in [0.4, 0.5) is 0 Å². The Balaban J connectivity index is 2.45. The Morgan fingerprint density at radius 2 is 2.25 bits per heavy atom. The zero-order valence-corrected chi connectivity index (χ0v) is 7.26. The second kappa shape index (κ2) is 2.19. The summed E-state index contributed by atoms with van der Waals surface area (Å²) in [6.07, 6.45) is 2.93. The molecular weight excluding hydrogens is 154 g/mol. The van der Waals surface area contributed by atoms with Gasteiger partial charge in [-0.3, -0.25) is 4.79 Å². The van der Waals surface area contributed by atoms with Gasteiger partial charge in [-0.1, -0.05) is 19.0 Å². The summed E-state index contributed by atoms with van der Waals surface area (Å²) in [5.74, 6) is 0.902. The molecule has 0 aromatic carbocycles. The van der Waals surface area contributed by atoms with Gasteiger partial charge in [0.1, 0.15) is 5.76 Å². The molecule has 0 N–H and O–H groups in total. The molecule has 2 rings (SSSR count). The van der Waals surface area contributed by atoms with E-state index in [1.807, 2.05) is 0 Å². The van der Waals surface area contributed by atoms with Crippen LogP contribution in [0.3, 0.4) is 0 Å². The molecule has 0 spiro atoms. The molecule has 0 radical (unpaired) electrons. The highest BCUT2D eigenvalue weighted by molar-refractivity contribution is 5.98. The number of aromatic nitrogens is 1. The maximum Gasteiger partial charge on any atom is 0.168 e. The van der Waals surface area contributed by atoms with Gasteiger partial charge in [0.15, 0.2) is 5.78 Å². The van der Waals surface area contributed by atoms with Gasteiger partial charge in [0.2, 0.25) is 0 Å². The summed E-state index contributed by atoms with van der Waals surface area (Å²) in [4.78, 5) is 11.5. The van der Waals surface area contributed by atoms with Crippen LogP contribution in [0.1, 0.15) is 36.4 Å². The van der Waals surface area contributed by atoms with E-state index in [1.54, 1.807) is 0 Å². The second-order valence-electron chi connectivity index (χ2n) is 4.10. The summed E-state index contributed by atoms with van der Waals surface area (Å²) in [6, 6.07) is 0. The Kier molecular flexibility index (Phi) is 1.37. The van der Waals surface area contributed by atoms with Crippen LogP contribution >= 0.6 is 0 Å². The third-order valence-electron chi connectivity index (χ3n) is 2.22. The molecule has 0 fully saturated rings. The predicted molar refractivity (Wildman–Crippen MR) is 42.9 cm³/mol. The molecule has 0 atom stereocenters. The lowest BCUT2D eigenvalue weighted by atomic mass is 9.77. The smallest absolute Gasteiger partial charge is 0.168 e. The minimum atomic E-state index is 0.0314. The van der Waals surface area contributed by atoms with Crippen molar-refractivity contribution in [1.29, 1.82) is 0 Å². The number of hydrogen-bond acceptors (Lipinski definition) is 3. The normalized spacial score (nSPS) is 20.7. The minimum Gasteiger partial charge on any atom is -0.361 e. The van der Waals surface area contributed by atoms with Crippen molar-refractivity contribution in [3.8, 4) is 0 Å². The fraction of sp³-hybridized carbons (Fsp3) is 0.556. The SMILES string of the molecule is CC1(C)CC(=O)c2cnoc2C1.